The van der Waals surface area contributed by atoms with Gasteiger partial charge in [-0.2, -0.15) is 0 Å². The third kappa shape index (κ3) is 5.39. The highest BCUT2D eigenvalue weighted by atomic mass is 127. The van der Waals surface area contributed by atoms with Crippen LogP contribution in [0.1, 0.15) is 22.3 Å². The van der Waals surface area contributed by atoms with Crippen LogP contribution in [0.15, 0.2) is 36.4 Å². The summed E-state index contributed by atoms with van der Waals surface area (Å²) in [5.74, 6) is 0.720. The summed E-state index contributed by atoms with van der Waals surface area (Å²) in [6.45, 7) is 3.58. The number of carbonyl (C=O) groups excluding carboxylic acids is 1. The zero-order chi connectivity index (χ0) is 20.3. The smallest absolute Gasteiger partial charge is 0.261 e. The lowest BCUT2D eigenvalue weighted by atomic mass is 10.2. The molecule has 29 heavy (non-hydrogen) atoms. The van der Waals surface area contributed by atoms with Crippen molar-refractivity contribution in [3.63, 3.8) is 0 Å². The molecule has 0 spiro atoms. The molecule has 0 saturated heterocycles. The molecule has 0 unspecified atom stereocenters. The zero-order valence-electron chi connectivity index (χ0n) is 16.9. The lowest BCUT2D eigenvalue weighted by molar-refractivity contribution is 0.0985. The predicted molar refractivity (Wildman–Crippen MR) is 132 cm³/mol. The van der Waals surface area contributed by atoms with Gasteiger partial charge in [-0.05, 0) is 80.3 Å². The molecule has 2 aromatic carbocycles. The Balaban J connectivity index is 0.00000300. The number of benzene rings is 2. The molecule has 5 nitrogen and oxygen atoms in total. The number of aromatic nitrogens is 1. The lowest BCUT2D eigenvalue weighted by Gasteiger charge is -2.21. The van der Waals surface area contributed by atoms with E-state index >= 15 is 0 Å². The van der Waals surface area contributed by atoms with Crippen molar-refractivity contribution in [2.45, 2.75) is 13.3 Å². The van der Waals surface area contributed by atoms with Crippen molar-refractivity contribution in [2.75, 3.05) is 39.2 Å². The third-order valence-corrected chi connectivity index (χ3v) is 6.63. The summed E-state index contributed by atoms with van der Waals surface area (Å²) in [6.07, 6.45) is 0.869. The van der Waals surface area contributed by atoms with E-state index in [0.717, 1.165) is 38.1 Å². The van der Waals surface area contributed by atoms with Gasteiger partial charge in [0.2, 0.25) is 0 Å². The van der Waals surface area contributed by atoms with Crippen LogP contribution in [0, 0.1) is 10.5 Å². The van der Waals surface area contributed by atoms with Crippen molar-refractivity contribution in [1.82, 2.24) is 9.88 Å². The molecule has 8 heteroatoms. The van der Waals surface area contributed by atoms with Gasteiger partial charge in [-0.1, -0.05) is 29.5 Å². The number of hydrogen-bond donors (Lipinski definition) is 0. The molecule has 0 aliphatic rings. The maximum atomic E-state index is 13.4. The van der Waals surface area contributed by atoms with Crippen LogP contribution in [-0.2, 0) is 0 Å². The highest BCUT2D eigenvalue weighted by Crippen LogP contribution is 2.37. The highest BCUT2D eigenvalue weighted by Gasteiger charge is 2.24. The normalized spacial score (nSPS) is 10.8. The summed E-state index contributed by atoms with van der Waals surface area (Å²) in [6, 6.07) is 11.6. The number of rotatable bonds is 7. The number of halogens is 2. The van der Waals surface area contributed by atoms with Crippen LogP contribution in [0.4, 0.5) is 5.13 Å². The summed E-state index contributed by atoms with van der Waals surface area (Å²) < 4.78 is 7.49. The number of ether oxygens (including phenoxy) is 1. The van der Waals surface area contributed by atoms with Gasteiger partial charge in [-0.3, -0.25) is 9.69 Å². The standard InChI is InChI=1S/C21H24IN3O2S.ClH/c1-14-10-11-17(27-4)18-19(14)28-21(23-18)25(13-7-12-24(2)3)20(26)15-8-5-6-9-16(15)22;/h5-6,8-11H,7,12-13H2,1-4H3;1H. The molecule has 0 aliphatic heterocycles. The number of fused-ring (bicyclic) bond motifs is 1. The SMILES string of the molecule is COc1ccc(C)c2sc(N(CCCN(C)C)C(=O)c3ccccc3I)nc12.Cl. The number of aryl methyl sites for hydroxylation is 1. The molecule has 1 aromatic heterocycles. The number of hydrogen-bond acceptors (Lipinski definition) is 5. The first-order chi connectivity index (χ1) is 13.4. The minimum absolute atomic E-state index is 0. The van der Waals surface area contributed by atoms with Crippen LogP contribution in [0.5, 0.6) is 5.75 Å². The average Bonchev–Trinajstić information content (AvgIpc) is 3.11. The fourth-order valence-electron chi connectivity index (χ4n) is 2.99. The second-order valence-corrected chi connectivity index (χ2v) is 8.99. The summed E-state index contributed by atoms with van der Waals surface area (Å²) in [5, 5.41) is 0.714. The van der Waals surface area contributed by atoms with Crippen molar-refractivity contribution in [1.29, 1.82) is 0 Å². The van der Waals surface area contributed by atoms with Gasteiger partial charge in [0.25, 0.3) is 5.91 Å². The van der Waals surface area contributed by atoms with Gasteiger partial charge in [0.05, 0.1) is 17.4 Å². The number of anilines is 1. The van der Waals surface area contributed by atoms with E-state index < -0.39 is 0 Å². The summed E-state index contributed by atoms with van der Waals surface area (Å²) >= 11 is 3.76. The van der Waals surface area contributed by atoms with Crippen LogP contribution in [0.2, 0.25) is 0 Å². The Morgan fingerprint density at radius 3 is 2.55 bits per heavy atom. The quantitative estimate of drug-likeness (QED) is 0.381. The first-order valence-corrected chi connectivity index (χ1v) is 11.0. The Labute approximate surface area is 195 Å². The van der Waals surface area contributed by atoms with Gasteiger partial charge < -0.3 is 9.64 Å². The molecule has 0 bridgehead atoms. The average molecular weight is 546 g/mol. The maximum absolute atomic E-state index is 13.4. The number of methoxy groups -OCH3 is 1. The van der Waals surface area contributed by atoms with Crippen LogP contribution in [0.3, 0.4) is 0 Å². The lowest BCUT2D eigenvalue weighted by Crippen LogP contribution is -2.33. The molecule has 0 radical (unpaired) electrons. The van der Waals surface area contributed by atoms with E-state index in [4.69, 9.17) is 9.72 Å². The van der Waals surface area contributed by atoms with Crippen molar-refractivity contribution >= 4 is 67.6 Å². The van der Waals surface area contributed by atoms with Gasteiger partial charge >= 0.3 is 0 Å². The second-order valence-electron chi connectivity index (χ2n) is 6.85. The van der Waals surface area contributed by atoms with E-state index in [1.807, 2.05) is 55.4 Å². The number of carbonyl (C=O) groups is 1. The maximum Gasteiger partial charge on any atom is 0.261 e. The highest BCUT2D eigenvalue weighted by molar-refractivity contribution is 14.1. The fourth-order valence-corrected chi connectivity index (χ4v) is 4.68. The van der Waals surface area contributed by atoms with Crippen molar-refractivity contribution in [3.8, 4) is 5.75 Å². The topological polar surface area (TPSA) is 45.7 Å². The van der Waals surface area contributed by atoms with E-state index in [1.54, 1.807) is 18.4 Å². The Morgan fingerprint density at radius 2 is 1.90 bits per heavy atom. The van der Waals surface area contributed by atoms with Crippen molar-refractivity contribution in [2.24, 2.45) is 0 Å². The molecule has 156 valence electrons. The van der Waals surface area contributed by atoms with Gasteiger partial charge in [-0.15, -0.1) is 12.4 Å². The number of amides is 1. The minimum atomic E-state index is -0.0144. The minimum Gasteiger partial charge on any atom is -0.494 e. The number of nitrogens with zero attached hydrogens (tertiary/aromatic N) is 3. The molecular weight excluding hydrogens is 521 g/mol. The Hall–Kier alpha value is -1.42. The van der Waals surface area contributed by atoms with Crippen LogP contribution >= 0.6 is 46.3 Å². The zero-order valence-corrected chi connectivity index (χ0v) is 20.7. The molecule has 0 saturated carbocycles. The fraction of sp³-hybridized carbons (Fsp3) is 0.333. The first-order valence-electron chi connectivity index (χ1n) is 9.07. The molecular formula is C21H25ClIN3O2S. The van der Waals surface area contributed by atoms with Crippen LogP contribution < -0.4 is 9.64 Å². The summed E-state index contributed by atoms with van der Waals surface area (Å²) in [4.78, 5) is 22.1. The predicted octanol–water partition coefficient (Wildman–Crippen LogP) is 5.24. The Morgan fingerprint density at radius 1 is 1.17 bits per heavy atom. The molecule has 3 rings (SSSR count). The Kier molecular flexibility index (Phi) is 8.69. The second kappa shape index (κ2) is 10.6. The van der Waals surface area contributed by atoms with Crippen molar-refractivity contribution in [3.05, 3.63) is 51.1 Å². The number of thiazole rings is 1. The molecule has 3 aromatic rings. The van der Waals surface area contributed by atoms with Crippen LogP contribution in [0.25, 0.3) is 10.2 Å². The van der Waals surface area contributed by atoms with E-state index in [-0.39, 0.29) is 18.3 Å². The third-order valence-electron chi connectivity index (χ3n) is 4.48. The first kappa shape index (κ1) is 23.9. The van der Waals surface area contributed by atoms with Gasteiger partial charge in [-0.25, -0.2) is 4.98 Å². The molecule has 0 fully saturated rings. The molecule has 1 heterocycles. The van der Waals surface area contributed by atoms with E-state index in [0.29, 0.717) is 17.2 Å². The van der Waals surface area contributed by atoms with E-state index in [9.17, 15) is 4.79 Å². The van der Waals surface area contributed by atoms with Crippen LogP contribution in [-0.4, -0.2) is 50.1 Å². The van der Waals surface area contributed by atoms with E-state index in [2.05, 4.69) is 34.4 Å². The van der Waals surface area contributed by atoms with Gasteiger partial charge in [0.1, 0.15) is 11.3 Å². The molecule has 0 N–H and O–H groups in total. The molecule has 1 amide bonds. The largest absolute Gasteiger partial charge is 0.494 e. The van der Waals surface area contributed by atoms with Crippen molar-refractivity contribution < 1.29 is 9.53 Å². The van der Waals surface area contributed by atoms with E-state index in [1.165, 1.54) is 0 Å². The monoisotopic (exact) mass is 545 g/mol. The molecule has 0 atom stereocenters. The summed E-state index contributed by atoms with van der Waals surface area (Å²) in [7, 11) is 5.73. The Bertz CT molecular complexity index is 993. The molecule has 0 aliphatic carbocycles. The summed E-state index contributed by atoms with van der Waals surface area (Å²) in [5.41, 5.74) is 2.65. The van der Waals surface area contributed by atoms with Gasteiger partial charge in [0.15, 0.2) is 5.13 Å². The van der Waals surface area contributed by atoms with Gasteiger partial charge in [0, 0.05) is 10.1 Å².